The van der Waals surface area contributed by atoms with Crippen molar-refractivity contribution in [1.82, 2.24) is 4.90 Å². The van der Waals surface area contributed by atoms with Gasteiger partial charge in [-0.2, -0.15) is 0 Å². The summed E-state index contributed by atoms with van der Waals surface area (Å²) in [6.45, 7) is 6.71. The van der Waals surface area contributed by atoms with Crippen molar-refractivity contribution in [3.63, 3.8) is 0 Å². The molecule has 4 heteroatoms. The highest BCUT2D eigenvalue weighted by Gasteiger charge is 2.25. The fraction of sp³-hybridized carbons (Fsp3) is 0.600. The Bertz CT molecular complexity index is 436. The molecule has 1 aromatic carbocycles. The Kier molecular flexibility index (Phi) is 4.42. The maximum atomic E-state index is 13.3. The van der Waals surface area contributed by atoms with Crippen molar-refractivity contribution in [2.75, 3.05) is 31.6 Å². The molecule has 0 radical (unpaired) electrons. The van der Waals surface area contributed by atoms with Crippen LogP contribution in [0.3, 0.4) is 0 Å². The molecule has 1 aromatic rings. The summed E-state index contributed by atoms with van der Waals surface area (Å²) in [5.74, 6) is -0.291. The monoisotopic (exact) mass is 266 g/mol. The molecule has 1 heterocycles. The van der Waals surface area contributed by atoms with E-state index in [1.54, 1.807) is 13.0 Å². The number of hydrogen-bond acceptors (Lipinski definition) is 3. The number of hydrogen-bond donors (Lipinski definition) is 1. The zero-order valence-electron chi connectivity index (χ0n) is 11.9. The lowest BCUT2D eigenvalue weighted by atomic mass is 10.0. The van der Waals surface area contributed by atoms with Gasteiger partial charge in [0.15, 0.2) is 0 Å². The van der Waals surface area contributed by atoms with E-state index in [1.807, 2.05) is 0 Å². The minimum Gasteiger partial charge on any atom is -0.389 e. The third-order valence-electron chi connectivity index (χ3n) is 4.03. The molecule has 0 saturated carbocycles. The average molecular weight is 266 g/mol. The van der Waals surface area contributed by atoms with Crippen LogP contribution in [0.1, 0.15) is 31.9 Å². The molecular formula is C15H23FN2O. The molecule has 0 aromatic heterocycles. The first kappa shape index (κ1) is 14.3. The van der Waals surface area contributed by atoms with Crippen LogP contribution < -0.4 is 4.90 Å². The lowest BCUT2D eigenvalue weighted by Gasteiger charge is -2.41. The van der Waals surface area contributed by atoms with Crippen molar-refractivity contribution >= 4 is 5.69 Å². The van der Waals surface area contributed by atoms with E-state index in [-0.39, 0.29) is 5.82 Å². The smallest absolute Gasteiger partial charge is 0.123 e. The first-order valence-electron chi connectivity index (χ1n) is 6.95. The van der Waals surface area contributed by atoms with Crippen LogP contribution in [0.4, 0.5) is 10.1 Å². The quantitative estimate of drug-likeness (QED) is 0.910. The Morgan fingerprint density at radius 1 is 1.42 bits per heavy atom. The second-order valence-electron chi connectivity index (χ2n) is 5.37. The average Bonchev–Trinajstić information content (AvgIpc) is 2.39. The van der Waals surface area contributed by atoms with Gasteiger partial charge in [0.1, 0.15) is 5.82 Å². The van der Waals surface area contributed by atoms with Gasteiger partial charge in [-0.3, -0.25) is 4.90 Å². The van der Waals surface area contributed by atoms with Crippen molar-refractivity contribution in [2.24, 2.45) is 0 Å². The summed E-state index contributed by atoms with van der Waals surface area (Å²) in [5, 5.41) is 9.83. The van der Waals surface area contributed by atoms with Crippen molar-refractivity contribution in [3.8, 4) is 0 Å². The Morgan fingerprint density at radius 3 is 2.79 bits per heavy atom. The Hall–Kier alpha value is -1.13. The maximum Gasteiger partial charge on any atom is 0.123 e. The van der Waals surface area contributed by atoms with E-state index >= 15 is 0 Å². The summed E-state index contributed by atoms with van der Waals surface area (Å²) in [5.41, 5.74) is 1.64. The van der Waals surface area contributed by atoms with Gasteiger partial charge in [-0.25, -0.2) is 4.39 Å². The molecule has 2 rings (SSSR count). The molecule has 1 N–H and O–H groups in total. The van der Waals surface area contributed by atoms with Crippen LogP contribution in [0.15, 0.2) is 18.2 Å². The number of piperazine rings is 1. The van der Waals surface area contributed by atoms with E-state index < -0.39 is 6.10 Å². The van der Waals surface area contributed by atoms with Crippen LogP contribution in [0.25, 0.3) is 0 Å². The van der Waals surface area contributed by atoms with Crippen LogP contribution in [-0.2, 0) is 0 Å². The molecule has 3 nitrogen and oxygen atoms in total. The lowest BCUT2D eigenvalue weighted by Crippen LogP contribution is -2.51. The SMILES string of the molecule is CCC1CN(c2ccc(F)cc2C(C)O)CCN1C. The highest BCUT2D eigenvalue weighted by molar-refractivity contribution is 5.55. The van der Waals surface area contributed by atoms with Crippen LogP contribution in [0, 0.1) is 5.82 Å². The topological polar surface area (TPSA) is 26.7 Å². The fourth-order valence-corrected chi connectivity index (χ4v) is 2.75. The van der Waals surface area contributed by atoms with Crippen LogP contribution in [0.2, 0.25) is 0 Å². The molecule has 106 valence electrons. The van der Waals surface area contributed by atoms with Gasteiger partial charge in [0.05, 0.1) is 6.10 Å². The van der Waals surface area contributed by atoms with E-state index in [2.05, 4.69) is 23.8 Å². The Balaban J connectivity index is 2.26. The largest absolute Gasteiger partial charge is 0.389 e. The van der Waals surface area contributed by atoms with E-state index in [0.717, 1.165) is 31.7 Å². The standard InChI is InChI=1S/C15H23FN2O/c1-4-13-10-18(8-7-17(13)3)15-6-5-12(16)9-14(15)11(2)19/h5-6,9,11,13,19H,4,7-8,10H2,1-3H3. The summed E-state index contributed by atoms with van der Waals surface area (Å²) < 4.78 is 13.3. The zero-order valence-corrected chi connectivity index (χ0v) is 11.9. The van der Waals surface area contributed by atoms with E-state index in [1.165, 1.54) is 12.1 Å². The number of halogens is 1. The highest BCUT2D eigenvalue weighted by Crippen LogP contribution is 2.29. The molecule has 0 spiro atoms. The van der Waals surface area contributed by atoms with Gasteiger partial charge in [0, 0.05) is 36.9 Å². The van der Waals surface area contributed by atoms with Gasteiger partial charge >= 0.3 is 0 Å². The predicted octanol–water partition coefficient (Wildman–Crippen LogP) is 2.41. The number of anilines is 1. The van der Waals surface area contributed by atoms with Crippen LogP contribution in [-0.4, -0.2) is 42.7 Å². The minimum absolute atomic E-state index is 0.291. The van der Waals surface area contributed by atoms with Gasteiger partial charge in [-0.15, -0.1) is 0 Å². The molecule has 2 atom stereocenters. The second kappa shape index (κ2) is 5.88. The van der Waals surface area contributed by atoms with E-state index in [9.17, 15) is 9.50 Å². The zero-order chi connectivity index (χ0) is 14.0. The Labute approximate surface area is 114 Å². The number of benzene rings is 1. The molecular weight excluding hydrogens is 243 g/mol. The van der Waals surface area contributed by atoms with Crippen molar-refractivity contribution in [1.29, 1.82) is 0 Å². The fourth-order valence-electron chi connectivity index (χ4n) is 2.75. The molecule has 2 unspecified atom stereocenters. The molecule has 1 fully saturated rings. The third kappa shape index (κ3) is 3.07. The summed E-state index contributed by atoms with van der Waals surface area (Å²) >= 11 is 0. The number of aliphatic hydroxyl groups is 1. The Morgan fingerprint density at radius 2 is 2.16 bits per heavy atom. The molecule has 19 heavy (non-hydrogen) atoms. The van der Waals surface area contributed by atoms with Gasteiger partial charge in [-0.1, -0.05) is 6.92 Å². The number of aliphatic hydroxyl groups excluding tert-OH is 1. The van der Waals surface area contributed by atoms with E-state index in [4.69, 9.17) is 0 Å². The van der Waals surface area contributed by atoms with Gasteiger partial charge in [0.25, 0.3) is 0 Å². The molecule has 0 aliphatic carbocycles. The normalized spacial score (nSPS) is 22.6. The van der Waals surface area contributed by atoms with Gasteiger partial charge in [-0.05, 0) is 38.6 Å². The van der Waals surface area contributed by atoms with Crippen LogP contribution in [0.5, 0.6) is 0 Å². The first-order valence-corrected chi connectivity index (χ1v) is 6.95. The summed E-state index contributed by atoms with van der Waals surface area (Å²) in [4.78, 5) is 4.62. The van der Waals surface area contributed by atoms with Crippen molar-refractivity contribution < 1.29 is 9.50 Å². The second-order valence-corrected chi connectivity index (χ2v) is 5.37. The number of nitrogens with zero attached hydrogens (tertiary/aromatic N) is 2. The minimum atomic E-state index is -0.648. The number of rotatable bonds is 3. The molecule has 0 bridgehead atoms. The summed E-state index contributed by atoms with van der Waals surface area (Å²) in [6, 6.07) is 5.22. The van der Waals surface area contributed by atoms with Gasteiger partial charge in [0.2, 0.25) is 0 Å². The predicted molar refractivity (Wildman–Crippen MR) is 76.0 cm³/mol. The van der Waals surface area contributed by atoms with E-state index in [0.29, 0.717) is 11.6 Å². The maximum absolute atomic E-state index is 13.3. The number of likely N-dealkylation sites (N-methyl/N-ethyl adjacent to an activating group) is 1. The van der Waals surface area contributed by atoms with Crippen molar-refractivity contribution in [2.45, 2.75) is 32.4 Å². The van der Waals surface area contributed by atoms with Gasteiger partial charge < -0.3 is 10.0 Å². The third-order valence-corrected chi connectivity index (χ3v) is 4.03. The highest BCUT2D eigenvalue weighted by atomic mass is 19.1. The molecule has 1 saturated heterocycles. The molecule has 1 aliphatic heterocycles. The summed E-state index contributed by atoms with van der Waals surface area (Å²) in [6.07, 6.45) is 0.448. The lowest BCUT2D eigenvalue weighted by molar-refractivity contribution is 0.195. The van der Waals surface area contributed by atoms with Crippen molar-refractivity contribution in [3.05, 3.63) is 29.6 Å². The summed E-state index contributed by atoms with van der Waals surface area (Å²) in [7, 11) is 2.14. The van der Waals surface area contributed by atoms with Crippen LogP contribution >= 0.6 is 0 Å². The molecule has 1 aliphatic rings. The molecule has 0 amide bonds. The first-order chi connectivity index (χ1) is 9.02.